The van der Waals surface area contributed by atoms with Crippen LogP contribution in [-0.4, -0.2) is 29.8 Å². The van der Waals surface area contributed by atoms with Gasteiger partial charge in [0.25, 0.3) is 5.91 Å². The van der Waals surface area contributed by atoms with Crippen molar-refractivity contribution in [3.05, 3.63) is 28.8 Å². The number of phenolic OH excluding ortho intramolecular Hbond substituents is 1. The lowest BCUT2D eigenvalue weighted by atomic mass is 10.1. The number of rotatable bonds is 3. The van der Waals surface area contributed by atoms with Crippen LogP contribution >= 0.6 is 11.6 Å². The second-order valence-corrected chi connectivity index (χ2v) is 4.89. The highest BCUT2D eigenvalue weighted by Crippen LogP contribution is 2.23. The minimum atomic E-state index is -0.208. The molecule has 1 aromatic carbocycles. The van der Waals surface area contributed by atoms with E-state index in [2.05, 4.69) is 5.32 Å². The highest BCUT2D eigenvalue weighted by Gasteiger charge is 2.24. The normalized spacial score (nSPS) is 20.7. The van der Waals surface area contributed by atoms with Crippen LogP contribution in [0.4, 0.5) is 0 Å². The van der Waals surface area contributed by atoms with Crippen LogP contribution in [0.25, 0.3) is 0 Å². The van der Waals surface area contributed by atoms with E-state index in [0.29, 0.717) is 5.56 Å². The number of hydrogen-bond donors (Lipinski definition) is 2. The van der Waals surface area contributed by atoms with E-state index in [0.717, 1.165) is 19.4 Å². The maximum atomic E-state index is 12.0. The average molecular weight is 270 g/mol. The van der Waals surface area contributed by atoms with Crippen molar-refractivity contribution in [1.29, 1.82) is 0 Å². The molecule has 0 saturated carbocycles. The average Bonchev–Trinajstić information content (AvgIpc) is 2.86. The summed E-state index contributed by atoms with van der Waals surface area (Å²) in [7, 11) is 0. The Balaban J connectivity index is 2.00. The molecule has 0 aromatic heterocycles. The van der Waals surface area contributed by atoms with Gasteiger partial charge in [0.1, 0.15) is 5.75 Å². The van der Waals surface area contributed by atoms with E-state index < -0.39 is 0 Å². The van der Waals surface area contributed by atoms with Crippen LogP contribution in [0.15, 0.2) is 18.2 Å². The van der Waals surface area contributed by atoms with Crippen LogP contribution in [0.2, 0.25) is 5.02 Å². The molecule has 98 valence electrons. The van der Waals surface area contributed by atoms with Crippen LogP contribution in [0, 0.1) is 0 Å². The van der Waals surface area contributed by atoms with Crippen molar-refractivity contribution in [2.45, 2.75) is 31.9 Å². The fourth-order valence-corrected chi connectivity index (χ4v) is 2.21. The van der Waals surface area contributed by atoms with Gasteiger partial charge in [0, 0.05) is 12.2 Å². The highest BCUT2D eigenvalue weighted by molar-refractivity contribution is 6.32. The molecule has 1 amide bonds. The fourth-order valence-electron chi connectivity index (χ4n) is 2.03. The molecular weight excluding hydrogens is 254 g/mol. The molecule has 4 nitrogen and oxygen atoms in total. The summed E-state index contributed by atoms with van der Waals surface area (Å²) in [5.41, 5.74) is 0.433. The van der Waals surface area contributed by atoms with Crippen LogP contribution in [-0.2, 0) is 4.74 Å². The number of carbonyl (C=O) groups excluding carboxylic acids is 1. The van der Waals surface area contributed by atoms with E-state index in [9.17, 15) is 9.90 Å². The molecule has 0 bridgehead atoms. The van der Waals surface area contributed by atoms with Crippen LogP contribution in [0.3, 0.4) is 0 Å². The Morgan fingerprint density at radius 2 is 2.39 bits per heavy atom. The van der Waals surface area contributed by atoms with Gasteiger partial charge in [-0.15, -0.1) is 0 Å². The molecule has 0 spiro atoms. The number of ether oxygens (including phenoxy) is 1. The number of aromatic hydroxyl groups is 1. The molecule has 0 aliphatic carbocycles. The fraction of sp³-hybridized carbons (Fsp3) is 0.462. The van der Waals surface area contributed by atoms with Gasteiger partial charge in [-0.3, -0.25) is 4.79 Å². The van der Waals surface area contributed by atoms with Crippen molar-refractivity contribution in [2.24, 2.45) is 0 Å². The topological polar surface area (TPSA) is 58.6 Å². The molecule has 2 rings (SSSR count). The number of nitrogens with one attached hydrogen (secondary N) is 1. The predicted octanol–water partition coefficient (Wildman–Crippen LogP) is 2.34. The van der Waals surface area contributed by atoms with E-state index >= 15 is 0 Å². The largest absolute Gasteiger partial charge is 0.506 e. The molecule has 1 heterocycles. The molecular formula is C13H16ClNO3. The molecule has 2 atom stereocenters. The van der Waals surface area contributed by atoms with E-state index in [4.69, 9.17) is 16.3 Å². The van der Waals surface area contributed by atoms with Gasteiger partial charge < -0.3 is 15.2 Å². The zero-order valence-corrected chi connectivity index (χ0v) is 10.9. The smallest absolute Gasteiger partial charge is 0.251 e. The monoisotopic (exact) mass is 269 g/mol. The van der Waals surface area contributed by atoms with Crippen molar-refractivity contribution >= 4 is 17.5 Å². The molecule has 2 unspecified atom stereocenters. The standard InChI is InChI=1S/C13H16ClNO3/c1-8(12-3-2-6-18-12)15-13(17)9-4-5-11(16)10(14)7-9/h4-5,7-8,12,16H,2-3,6H2,1H3,(H,15,17). The third-order valence-electron chi connectivity index (χ3n) is 3.09. The molecule has 1 fully saturated rings. The van der Waals surface area contributed by atoms with Gasteiger partial charge >= 0.3 is 0 Å². The minimum absolute atomic E-state index is 0.0274. The lowest BCUT2D eigenvalue weighted by Gasteiger charge is -2.20. The first-order valence-electron chi connectivity index (χ1n) is 5.99. The van der Waals surface area contributed by atoms with Gasteiger partial charge in [0.15, 0.2) is 0 Å². The maximum absolute atomic E-state index is 12.0. The van der Waals surface area contributed by atoms with Gasteiger partial charge in [-0.2, -0.15) is 0 Å². The Morgan fingerprint density at radius 1 is 1.61 bits per heavy atom. The molecule has 0 radical (unpaired) electrons. The zero-order valence-electron chi connectivity index (χ0n) is 10.1. The summed E-state index contributed by atoms with van der Waals surface area (Å²) in [5, 5.41) is 12.4. The quantitative estimate of drug-likeness (QED) is 0.886. The zero-order chi connectivity index (χ0) is 13.1. The SMILES string of the molecule is CC(NC(=O)c1ccc(O)c(Cl)c1)C1CCCO1. The number of hydrogen-bond acceptors (Lipinski definition) is 3. The third kappa shape index (κ3) is 2.94. The van der Waals surface area contributed by atoms with Crippen molar-refractivity contribution in [1.82, 2.24) is 5.32 Å². The molecule has 5 heteroatoms. The van der Waals surface area contributed by atoms with Crippen molar-refractivity contribution in [2.75, 3.05) is 6.61 Å². The Bertz CT molecular complexity index is 444. The second kappa shape index (κ2) is 5.59. The van der Waals surface area contributed by atoms with Crippen LogP contribution in [0.5, 0.6) is 5.75 Å². The Labute approximate surface area is 111 Å². The van der Waals surface area contributed by atoms with Crippen molar-refractivity contribution in [3.63, 3.8) is 0 Å². The second-order valence-electron chi connectivity index (χ2n) is 4.48. The lowest BCUT2D eigenvalue weighted by molar-refractivity contribution is 0.0712. The number of amides is 1. The van der Waals surface area contributed by atoms with Gasteiger partial charge in [0.05, 0.1) is 17.2 Å². The third-order valence-corrected chi connectivity index (χ3v) is 3.39. The highest BCUT2D eigenvalue weighted by atomic mass is 35.5. The molecule has 1 aromatic rings. The van der Waals surface area contributed by atoms with Crippen LogP contribution in [0.1, 0.15) is 30.1 Å². The lowest BCUT2D eigenvalue weighted by Crippen LogP contribution is -2.40. The predicted molar refractivity (Wildman–Crippen MR) is 69.0 cm³/mol. The van der Waals surface area contributed by atoms with Crippen LogP contribution < -0.4 is 5.32 Å². The molecule has 1 aliphatic rings. The first-order valence-corrected chi connectivity index (χ1v) is 6.36. The van der Waals surface area contributed by atoms with Crippen molar-refractivity contribution in [3.8, 4) is 5.75 Å². The van der Waals surface area contributed by atoms with E-state index in [-0.39, 0.29) is 28.8 Å². The molecule has 1 saturated heterocycles. The van der Waals surface area contributed by atoms with E-state index in [1.807, 2.05) is 6.92 Å². The Kier molecular flexibility index (Phi) is 4.09. The van der Waals surface area contributed by atoms with Crippen molar-refractivity contribution < 1.29 is 14.6 Å². The Hall–Kier alpha value is -1.26. The van der Waals surface area contributed by atoms with Gasteiger partial charge in [-0.25, -0.2) is 0 Å². The first-order chi connectivity index (χ1) is 8.58. The van der Waals surface area contributed by atoms with Gasteiger partial charge in [-0.05, 0) is 38.0 Å². The van der Waals surface area contributed by atoms with E-state index in [1.54, 1.807) is 6.07 Å². The summed E-state index contributed by atoms with van der Waals surface area (Å²) >= 11 is 5.77. The maximum Gasteiger partial charge on any atom is 0.251 e. The summed E-state index contributed by atoms with van der Waals surface area (Å²) in [6.07, 6.45) is 2.09. The molecule has 18 heavy (non-hydrogen) atoms. The number of phenols is 1. The first kappa shape index (κ1) is 13.2. The minimum Gasteiger partial charge on any atom is -0.506 e. The number of halogens is 1. The molecule has 1 aliphatic heterocycles. The van der Waals surface area contributed by atoms with Gasteiger partial charge in [-0.1, -0.05) is 11.6 Å². The summed E-state index contributed by atoms with van der Waals surface area (Å²) in [5.74, 6) is -0.236. The van der Waals surface area contributed by atoms with E-state index in [1.165, 1.54) is 12.1 Å². The Morgan fingerprint density at radius 3 is 3.00 bits per heavy atom. The summed E-state index contributed by atoms with van der Waals surface area (Å²) in [6.45, 7) is 2.69. The summed E-state index contributed by atoms with van der Waals surface area (Å²) in [6, 6.07) is 4.37. The number of carbonyl (C=O) groups is 1. The van der Waals surface area contributed by atoms with Gasteiger partial charge in [0.2, 0.25) is 0 Å². The molecule has 2 N–H and O–H groups in total. The summed E-state index contributed by atoms with van der Waals surface area (Å²) in [4.78, 5) is 12.0. The number of benzene rings is 1. The summed E-state index contributed by atoms with van der Waals surface area (Å²) < 4.78 is 5.51.